The summed E-state index contributed by atoms with van der Waals surface area (Å²) in [4.78, 5) is 45.3. The highest BCUT2D eigenvalue weighted by molar-refractivity contribution is 6.08. The number of carboxylic acids is 1. The maximum atomic E-state index is 13.4. The summed E-state index contributed by atoms with van der Waals surface area (Å²) in [5.74, 6) is 0.687. The fraction of sp³-hybridized carbons (Fsp3) is 0.286. The molecule has 0 unspecified atom stereocenters. The van der Waals surface area contributed by atoms with Crippen LogP contribution in [0.4, 0.5) is 27.7 Å². The number of nitrogens with one attached hydrogen (secondary N) is 4. The van der Waals surface area contributed by atoms with Crippen LogP contribution >= 0.6 is 0 Å². The van der Waals surface area contributed by atoms with Crippen LogP contribution in [-0.4, -0.2) is 86.5 Å². The molecule has 0 bridgehead atoms. The molecule has 1 fully saturated rings. The smallest absolute Gasteiger partial charge is 0.339 e. The van der Waals surface area contributed by atoms with E-state index in [9.17, 15) is 19.5 Å². The van der Waals surface area contributed by atoms with E-state index in [1.165, 1.54) is 7.11 Å². The number of carboxylic acid groups (broad SMARTS) is 1. The lowest BCUT2D eigenvalue weighted by molar-refractivity contribution is 0.0383. The summed E-state index contributed by atoms with van der Waals surface area (Å²) < 4.78 is 22.7. The number of amides is 3. The van der Waals surface area contributed by atoms with Crippen molar-refractivity contribution in [2.45, 2.75) is 26.2 Å². The maximum absolute atomic E-state index is 13.4. The molecule has 5 aromatic rings. The Morgan fingerprint density at radius 2 is 1.61 bits per heavy atom. The Morgan fingerprint density at radius 1 is 0.857 bits per heavy atom. The Morgan fingerprint density at radius 3 is 2.32 bits per heavy atom. The van der Waals surface area contributed by atoms with Gasteiger partial charge < -0.3 is 45.3 Å². The number of nitrogens with zero attached hydrogens (tertiary/aromatic N) is 2. The van der Waals surface area contributed by atoms with Gasteiger partial charge >= 0.3 is 12.0 Å². The Labute approximate surface area is 325 Å². The topological polar surface area (TPSA) is 173 Å². The van der Waals surface area contributed by atoms with Gasteiger partial charge in [-0.1, -0.05) is 45.0 Å². The summed E-state index contributed by atoms with van der Waals surface area (Å²) in [5.41, 5.74) is 2.06. The number of anilines is 4. The van der Waals surface area contributed by atoms with Gasteiger partial charge in [-0.2, -0.15) is 0 Å². The molecule has 14 nitrogen and oxygen atoms in total. The van der Waals surface area contributed by atoms with Gasteiger partial charge in [0.15, 0.2) is 5.75 Å². The van der Waals surface area contributed by atoms with Crippen molar-refractivity contribution in [1.82, 2.24) is 15.2 Å². The van der Waals surface area contributed by atoms with Gasteiger partial charge in [-0.15, -0.1) is 0 Å². The number of aromatic nitrogens is 1. The van der Waals surface area contributed by atoms with Crippen molar-refractivity contribution in [3.8, 4) is 23.0 Å². The molecule has 0 aliphatic carbocycles. The third-order valence-electron chi connectivity index (χ3n) is 9.22. The molecule has 3 amide bonds. The lowest BCUT2D eigenvalue weighted by Gasteiger charge is -2.26. The largest absolute Gasteiger partial charge is 0.497 e. The number of carbonyl (C=O) groups excluding carboxylic acids is 2. The zero-order valence-corrected chi connectivity index (χ0v) is 32.0. The van der Waals surface area contributed by atoms with E-state index in [2.05, 4.69) is 31.2 Å². The van der Waals surface area contributed by atoms with E-state index >= 15 is 0 Å². The fourth-order valence-electron chi connectivity index (χ4n) is 6.27. The Bertz CT molecular complexity index is 2230. The first-order valence-corrected chi connectivity index (χ1v) is 18.2. The predicted octanol–water partition coefficient (Wildman–Crippen LogP) is 7.49. The first kappa shape index (κ1) is 39.3. The zero-order valence-electron chi connectivity index (χ0n) is 32.0. The number of aromatic carboxylic acids is 1. The van der Waals surface area contributed by atoms with E-state index in [0.717, 1.165) is 30.6 Å². The second kappa shape index (κ2) is 17.4. The standard InChI is InChI=1S/C42H46N6O8/c1-42(2,3)27-22-33(40(50)51)38(54-5)35(23-27)47-41(52)46-34-10-11-36(32-9-7-6-8-31(32)34)56-29-12-13-43-37(25-29)45-28-20-26(21-30(24-28)53-4)39(49)44-14-15-48-16-18-55-19-17-48/h6-13,20-25H,14-19H2,1-5H3,(H,43,45)(H,44,49)(H,50,51)(H2,46,47,52). The van der Waals surface area contributed by atoms with Gasteiger partial charge in [0.05, 0.1) is 38.8 Å². The van der Waals surface area contributed by atoms with Gasteiger partial charge in [-0.25, -0.2) is 14.6 Å². The number of urea groups is 1. The van der Waals surface area contributed by atoms with Crippen LogP contribution in [0.25, 0.3) is 10.8 Å². The molecule has 1 aliphatic rings. The molecule has 14 heteroatoms. The van der Waals surface area contributed by atoms with Crippen LogP contribution in [0, 0.1) is 0 Å². The van der Waals surface area contributed by atoms with Crippen LogP contribution in [0.2, 0.25) is 0 Å². The van der Waals surface area contributed by atoms with Crippen molar-refractivity contribution in [2.75, 3.05) is 69.6 Å². The summed E-state index contributed by atoms with van der Waals surface area (Å²) in [7, 11) is 2.91. The molecular formula is C42H46N6O8. The highest BCUT2D eigenvalue weighted by Crippen LogP contribution is 2.37. The molecule has 1 aliphatic heterocycles. The van der Waals surface area contributed by atoms with Crippen molar-refractivity contribution in [3.05, 3.63) is 102 Å². The molecule has 56 heavy (non-hydrogen) atoms. The van der Waals surface area contributed by atoms with E-state index < -0.39 is 12.0 Å². The van der Waals surface area contributed by atoms with E-state index in [-0.39, 0.29) is 28.3 Å². The molecule has 0 saturated carbocycles. The quantitative estimate of drug-likeness (QED) is 0.0805. The predicted molar refractivity (Wildman–Crippen MR) is 215 cm³/mol. The van der Waals surface area contributed by atoms with Crippen LogP contribution in [0.5, 0.6) is 23.0 Å². The summed E-state index contributed by atoms with van der Waals surface area (Å²) >= 11 is 0. The zero-order chi connectivity index (χ0) is 39.8. The average molecular weight is 763 g/mol. The molecule has 5 N–H and O–H groups in total. The third-order valence-corrected chi connectivity index (χ3v) is 9.22. The minimum Gasteiger partial charge on any atom is -0.497 e. The van der Waals surface area contributed by atoms with Gasteiger partial charge in [0, 0.05) is 66.5 Å². The summed E-state index contributed by atoms with van der Waals surface area (Å²) in [6.07, 6.45) is 1.61. The molecular weight excluding hydrogens is 716 g/mol. The number of carbonyl (C=O) groups is 3. The molecule has 292 valence electrons. The fourth-order valence-corrected chi connectivity index (χ4v) is 6.27. The lowest BCUT2D eigenvalue weighted by Crippen LogP contribution is -2.41. The Balaban J connectivity index is 1.16. The first-order chi connectivity index (χ1) is 26.9. The van der Waals surface area contributed by atoms with Crippen molar-refractivity contribution in [2.24, 2.45) is 0 Å². The first-order valence-electron chi connectivity index (χ1n) is 18.2. The van der Waals surface area contributed by atoms with Crippen molar-refractivity contribution in [1.29, 1.82) is 0 Å². The van der Waals surface area contributed by atoms with Crippen LogP contribution < -0.4 is 35.5 Å². The summed E-state index contributed by atoms with van der Waals surface area (Å²) in [5, 5.41) is 23.2. The van der Waals surface area contributed by atoms with Gasteiger partial charge in [-0.05, 0) is 53.4 Å². The SMILES string of the molecule is COc1cc(Nc2cc(Oc3ccc(NC(=O)Nc4cc(C(C)(C)C)cc(C(=O)O)c4OC)c4ccccc34)ccn2)cc(C(=O)NCCN2CCOCC2)c1. The molecule has 2 heterocycles. The monoisotopic (exact) mass is 762 g/mol. The molecule has 0 spiro atoms. The van der Waals surface area contributed by atoms with Gasteiger partial charge in [0.25, 0.3) is 5.91 Å². The van der Waals surface area contributed by atoms with Gasteiger partial charge in [0.2, 0.25) is 0 Å². The normalized spacial score (nSPS) is 13.1. The third kappa shape index (κ3) is 9.64. The molecule has 0 radical (unpaired) electrons. The second-order valence-corrected chi connectivity index (χ2v) is 14.2. The molecule has 4 aromatic carbocycles. The van der Waals surface area contributed by atoms with Crippen molar-refractivity contribution in [3.63, 3.8) is 0 Å². The van der Waals surface area contributed by atoms with Crippen LogP contribution in [0.1, 0.15) is 47.1 Å². The highest BCUT2D eigenvalue weighted by Gasteiger charge is 2.24. The van der Waals surface area contributed by atoms with Crippen molar-refractivity contribution < 1.29 is 38.4 Å². The number of morpholine rings is 1. The van der Waals surface area contributed by atoms with Gasteiger partial charge in [-0.3, -0.25) is 9.69 Å². The molecule has 1 aromatic heterocycles. The number of rotatable bonds is 13. The molecule has 6 rings (SSSR count). The number of methoxy groups -OCH3 is 2. The van der Waals surface area contributed by atoms with Crippen molar-refractivity contribution >= 4 is 51.6 Å². The summed E-state index contributed by atoms with van der Waals surface area (Å²) in [6, 6.07) is 22.3. The molecule has 0 atom stereocenters. The second-order valence-electron chi connectivity index (χ2n) is 14.2. The Kier molecular flexibility index (Phi) is 12.2. The van der Waals surface area contributed by atoms with Gasteiger partial charge in [0.1, 0.15) is 28.6 Å². The van der Waals surface area contributed by atoms with E-state index in [0.29, 0.717) is 65.1 Å². The number of fused-ring (bicyclic) bond motifs is 1. The lowest BCUT2D eigenvalue weighted by atomic mass is 9.85. The minimum atomic E-state index is -1.17. The Hall–Kier alpha value is -6.38. The minimum absolute atomic E-state index is 0.0490. The number of hydrogen-bond acceptors (Lipinski definition) is 10. The number of hydrogen-bond donors (Lipinski definition) is 5. The van der Waals surface area contributed by atoms with Crippen LogP contribution in [0.3, 0.4) is 0 Å². The maximum Gasteiger partial charge on any atom is 0.339 e. The number of ether oxygens (including phenoxy) is 4. The van der Waals surface area contributed by atoms with Crippen LogP contribution in [0.15, 0.2) is 85.1 Å². The average Bonchev–Trinajstić information content (AvgIpc) is 3.18. The number of pyridine rings is 1. The molecule has 1 saturated heterocycles. The van der Waals surface area contributed by atoms with E-state index in [1.807, 2.05) is 45.0 Å². The number of benzene rings is 4. The van der Waals surface area contributed by atoms with E-state index in [1.54, 1.807) is 67.9 Å². The summed E-state index contributed by atoms with van der Waals surface area (Å²) in [6.45, 7) is 10.2. The van der Waals surface area contributed by atoms with Crippen LogP contribution in [-0.2, 0) is 10.2 Å². The highest BCUT2D eigenvalue weighted by atomic mass is 16.5. The van der Waals surface area contributed by atoms with E-state index in [4.69, 9.17) is 18.9 Å².